The number of rotatable bonds is 13. The Morgan fingerprint density at radius 2 is 1.94 bits per heavy atom. The van der Waals surface area contributed by atoms with Crippen LogP contribution in [0.4, 0.5) is 0 Å². The van der Waals surface area contributed by atoms with Crippen molar-refractivity contribution in [2.24, 2.45) is 32.9 Å². The Kier molecular flexibility index (Phi) is 14.5. The van der Waals surface area contributed by atoms with Crippen LogP contribution in [0.15, 0.2) is 63.4 Å². The van der Waals surface area contributed by atoms with E-state index >= 15 is 0 Å². The van der Waals surface area contributed by atoms with Gasteiger partial charge in [0.15, 0.2) is 0 Å². The van der Waals surface area contributed by atoms with Gasteiger partial charge in [-0.05, 0) is 49.3 Å². The summed E-state index contributed by atoms with van der Waals surface area (Å²) < 4.78 is 0. The smallest absolute Gasteiger partial charge is 0.123 e. The fraction of sp³-hybridized carbons (Fsp3) is 0.520. The molecule has 0 radical (unpaired) electrons. The highest BCUT2D eigenvalue weighted by molar-refractivity contribution is 5.92. The molecule has 31 heavy (non-hydrogen) atoms. The summed E-state index contributed by atoms with van der Waals surface area (Å²) in [5.41, 5.74) is 2.05. The summed E-state index contributed by atoms with van der Waals surface area (Å²) in [5, 5.41) is 7.13. The van der Waals surface area contributed by atoms with Crippen LogP contribution in [-0.4, -0.2) is 56.8 Å². The van der Waals surface area contributed by atoms with E-state index < -0.39 is 0 Å². The topological polar surface area (TPSA) is 60.6 Å². The van der Waals surface area contributed by atoms with Crippen LogP contribution in [0.2, 0.25) is 0 Å². The molecule has 0 aliphatic carbocycles. The molecule has 0 saturated heterocycles. The number of nitrogens with zero attached hydrogens (tertiary/aromatic N) is 5. The molecule has 6 nitrogen and oxygen atoms in total. The molecule has 2 unspecified atom stereocenters. The summed E-state index contributed by atoms with van der Waals surface area (Å²) in [6, 6.07) is 0. The molecule has 0 bridgehead atoms. The molecule has 6 heteroatoms. The van der Waals surface area contributed by atoms with Crippen molar-refractivity contribution in [3.8, 4) is 12.3 Å². The van der Waals surface area contributed by atoms with Crippen LogP contribution < -0.4 is 0 Å². The largest absolute Gasteiger partial charge is 0.316 e. The van der Waals surface area contributed by atoms with Gasteiger partial charge in [-0.3, -0.25) is 4.99 Å². The van der Waals surface area contributed by atoms with Crippen LogP contribution in [0.5, 0.6) is 0 Å². The second-order valence-corrected chi connectivity index (χ2v) is 7.91. The minimum atomic E-state index is 0.0591. The predicted molar refractivity (Wildman–Crippen MR) is 135 cm³/mol. The second kappa shape index (κ2) is 16.0. The maximum atomic E-state index is 11.0. The lowest BCUT2D eigenvalue weighted by Crippen LogP contribution is -2.28. The molecule has 170 valence electrons. The fourth-order valence-corrected chi connectivity index (χ4v) is 2.61. The molecule has 0 amide bonds. The number of nitroso groups, excluding NO2 is 1. The average Bonchev–Trinajstić information content (AvgIpc) is 2.74. The third-order valence-corrected chi connectivity index (χ3v) is 5.13. The van der Waals surface area contributed by atoms with Gasteiger partial charge in [-0.15, -0.1) is 6.42 Å². The summed E-state index contributed by atoms with van der Waals surface area (Å²) in [6.07, 6.45) is 18.3. The van der Waals surface area contributed by atoms with E-state index in [1.165, 1.54) is 0 Å². The molecule has 0 aromatic heterocycles. The van der Waals surface area contributed by atoms with Gasteiger partial charge in [0, 0.05) is 52.9 Å². The van der Waals surface area contributed by atoms with Crippen LogP contribution in [0, 0.1) is 35.0 Å². The van der Waals surface area contributed by atoms with E-state index in [0.29, 0.717) is 12.3 Å². The van der Waals surface area contributed by atoms with Gasteiger partial charge < -0.3 is 5.01 Å². The number of hydrazine groups is 1. The van der Waals surface area contributed by atoms with E-state index in [-0.39, 0.29) is 24.3 Å². The van der Waals surface area contributed by atoms with Crippen molar-refractivity contribution >= 4 is 12.1 Å². The lowest BCUT2D eigenvalue weighted by atomic mass is 9.87. The van der Waals surface area contributed by atoms with Gasteiger partial charge in [0.2, 0.25) is 0 Å². The second-order valence-electron chi connectivity index (χ2n) is 7.91. The maximum Gasteiger partial charge on any atom is 0.123 e. The number of hydrogen-bond donors (Lipinski definition) is 0. The highest BCUT2D eigenvalue weighted by atomic mass is 16.3. The number of hydrogen-bond acceptors (Lipinski definition) is 5. The van der Waals surface area contributed by atoms with Gasteiger partial charge in [-0.25, -0.2) is 10.0 Å². The SMILES string of the molecule is C#CC(C)/C=C/C=NC(CC(CN=O)[C@@H](C)C/C=C\C(=C)/C(C)=C/N(C)N(C)C)=NC. The van der Waals surface area contributed by atoms with E-state index in [1.807, 2.05) is 69.4 Å². The van der Waals surface area contributed by atoms with Gasteiger partial charge >= 0.3 is 0 Å². The van der Waals surface area contributed by atoms with Crippen molar-refractivity contribution in [3.05, 3.63) is 53.1 Å². The molecule has 0 saturated carbocycles. The third-order valence-electron chi connectivity index (χ3n) is 5.13. The molecule has 0 N–H and O–H groups in total. The first-order valence-corrected chi connectivity index (χ1v) is 10.5. The van der Waals surface area contributed by atoms with Crippen molar-refractivity contribution < 1.29 is 0 Å². The third kappa shape index (κ3) is 12.5. The van der Waals surface area contributed by atoms with E-state index in [1.54, 1.807) is 13.3 Å². The van der Waals surface area contributed by atoms with Crippen molar-refractivity contribution in [2.45, 2.75) is 33.6 Å². The molecular formula is C25H39N5O. The van der Waals surface area contributed by atoms with E-state index in [2.05, 4.69) is 40.7 Å². The summed E-state index contributed by atoms with van der Waals surface area (Å²) in [6.45, 7) is 10.5. The number of allylic oxidation sites excluding steroid dienone is 6. The lowest BCUT2D eigenvalue weighted by Gasteiger charge is -2.23. The Balaban J connectivity index is 4.98. The van der Waals surface area contributed by atoms with Crippen molar-refractivity contribution in [2.75, 3.05) is 34.7 Å². The van der Waals surface area contributed by atoms with Gasteiger partial charge in [-0.2, -0.15) is 4.91 Å². The van der Waals surface area contributed by atoms with E-state index in [0.717, 1.165) is 17.6 Å². The zero-order valence-electron chi connectivity index (χ0n) is 20.2. The molecule has 0 rings (SSSR count). The Labute approximate surface area is 189 Å². The van der Waals surface area contributed by atoms with Gasteiger partial charge in [-0.1, -0.05) is 42.8 Å². The van der Waals surface area contributed by atoms with Gasteiger partial charge in [0.25, 0.3) is 0 Å². The number of aliphatic imine (C=N–C) groups is 2. The Bertz CT molecular complexity index is 752. The van der Waals surface area contributed by atoms with Crippen LogP contribution >= 0.6 is 0 Å². The molecule has 0 aromatic rings. The highest BCUT2D eigenvalue weighted by Crippen LogP contribution is 2.22. The first-order valence-electron chi connectivity index (χ1n) is 10.5. The Hall–Kier alpha value is -2.78. The van der Waals surface area contributed by atoms with Crippen molar-refractivity contribution in [1.29, 1.82) is 0 Å². The van der Waals surface area contributed by atoms with Crippen LogP contribution in [0.3, 0.4) is 0 Å². The van der Waals surface area contributed by atoms with Gasteiger partial charge in [0.1, 0.15) is 5.84 Å². The minimum Gasteiger partial charge on any atom is -0.316 e. The fourth-order valence-electron chi connectivity index (χ4n) is 2.61. The minimum absolute atomic E-state index is 0.0591. The predicted octanol–water partition coefficient (Wildman–Crippen LogP) is 5.13. The molecule has 0 heterocycles. The van der Waals surface area contributed by atoms with Crippen LogP contribution in [0.1, 0.15) is 33.6 Å². The molecule has 0 aliphatic heterocycles. The standard InChI is InChI=1S/C25H39N5O/c1-10-20(2)13-12-16-27-25(26-6)17-24(18-28-31)22(4)15-11-14-21(3)23(5)19-30(9)29(7)8/h1,11-14,16,19-20,22,24H,3,15,17-18H2,2,4-9H3/b13-12+,14-11-,23-19+,26-25?,27-16?/t20?,22-,24?/m0/s1. The van der Waals surface area contributed by atoms with Crippen LogP contribution in [-0.2, 0) is 0 Å². The summed E-state index contributed by atoms with van der Waals surface area (Å²) in [5.74, 6) is 3.70. The zero-order valence-corrected chi connectivity index (χ0v) is 20.2. The van der Waals surface area contributed by atoms with Crippen molar-refractivity contribution in [1.82, 2.24) is 10.0 Å². The van der Waals surface area contributed by atoms with Crippen LogP contribution in [0.25, 0.3) is 0 Å². The summed E-state index contributed by atoms with van der Waals surface area (Å²) in [7, 11) is 7.66. The molecule has 3 atom stereocenters. The zero-order chi connectivity index (χ0) is 23.8. The van der Waals surface area contributed by atoms with Crippen molar-refractivity contribution in [3.63, 3.8) is 0 Å². The monoisotopic (exact) mass is 425 g/mol. The highest BCUT2D eigenvalue weighted by Gasteiger charge is 2.19. The lowest BCUT2D eigenvalue weighted by molar-refractivity contribution is 0.115. The first kappa shape index (κ1) is 28.2. The molecule has 0 aliphatic rings. The molecular weight excluding hydrogens is 386 g/mol. The maximum absolute atomic E-state index is 11.0. The quantitative estimate of drug-likeness (QED) is 0.103. The van der Waals surface area contributed by atoms with E-state index in [9.17, 15) is 4.91 Å². The summed E-state index contributed by atoms with van der Waals surface area (Å²) >= 11 is 0. The first-order chi connectivity index (χ1) is 14.7. The average molecular weight is 426 g/mol. The Morgan fingerprint density at radius 3 is 2.48 bits per heavy atom. The molecule has 0 spiro atoms. The number of terminal acetylenes is 1. The molecule has 0 aromatic carbocycles. The molecule has 0 fully saturated rings. The summed E-state index contributed by atoms with van der Waals surface area (Å²) in [4.78, 5) is 19.6. The number of amidine groups is 1. The Morgan fingerprint density at radius 1 is 1.26 bits per heavy atom. The van der Waals surface area contributed by atoms with Gasteiger partial charge in [0.05, 0.1) is 6.54 Å². The normalized spacial score (nSPS) is 16.1. The van der Waals surface area contributed by atoms with E-state index in [4.69, 9.17) is 6.42 Å².